The van der Waals surface area contributed by atoms with Gasteiger partial charge >= 0.3 is 6.03 Å². The molecule has 21 rings (SSSR count). The summed E-state index contributed by atoms with van der Waals surface area (Å²) in [5.41, 5.74) is 46.4. The van der Waals surface area contributed by atoms with Gasteiger partial charge in [0.1, 0.15) is 10.9 Å². The van der Waals surface area contributed by atoms with Crippen molar-refractivity contribution in [1.29, 1.82) is 5.26 Å². The monoisotopic (exact) mass is 1710 g/mol. The van der Waals surface area contributed by atoms with Crippen LogP contribution < -0.4 is 65.9 Å². The smallest absolute Gasteiger partial charge is 0.317 e. The van der Waals surface area contributed by atoms with Crippen LogP contribution in [0.4, 0.5) is 33.9 Å². The fourth-order valence-corrected chi connectivity index (χ4v) is 20.8. The normalized spacial score (nSPS) is 18.0. The van der Waals surface area contributed by atoms with Gasteiger partial charge in [0, 0.05) is 119 Å². The maximum Gasteiger partial charge on any atom is 0.317 e. The molecule has 622 valence electrons. The lowest BCUT2D eigenvalue weighted by atomic mass is 9.97. The Labute approximate surface area is 718 Å². The lowest BCUT2D eigenvalue weighted by molar-refractivity contribution is -0.121. The molecule has 30 nitrogen and oxygen atoms in total. The molecule has 1 unspecified atom stereocenters. The van der Waals surface area contributed by atoms with E-state index >= 15 is 0 Å². The number of aromatic nitrogens is 15. The van der Waals surface area contributed by atoms with Crippen molar-refractivity contribution in [1.82, 2.24) is 104 Å². The number of aryl methyl sites for hydroxylation is 3. The van der Waals surface area contributed by atoms with Gasteiger partial charge in [-0.15, -0.1) is 56.7 Å². The lowest BCUT2D eigenvalue weighted by Gasteiger charge is -2.23. The van der Waals surface area contributed by atoms with Gasteiger partial charge in [0.05, 0.1) is 114 Å². The SMILES string of the molecule is Cc1ccc(-c2cnc(N)c3nc([C@H]4CCCNC4)cn23)s1.Cc1csc(-c2cnc(N)c3nc(CC(=O)N[C@@H]4CCCNC4)cn23)c1.Cc1csc(-c2cnc(NC(N)=O)c3nc([C@H]4CCCNC4)cn23)c1.N#Cc1ccc(-c2cnc(N)c3nc([C@H]4CCCNC4)cn23)s1.Nc1ncc(-c2csc3ccccc23)n2cc(C3CCCNC3)nc12. The molecule has 1 aromatic carbocycles. The molecule has 0 bridgehead atoms. The molecule has 20 heterocycles. The zero-order valence-corrected chi connectivity index (χ0v) is 71.5. The summed E-state index contributed by atoms with van der Waals surface area (Å²) >= 11 is 8.29. The van der Waals surface area contributed by atoms with Gasteiger partial charge < -0.3 is 60.6 Å². The molecule has 5 atom stereocenters. The number of nitriles is 1. The molecule has 121 heavy (non-hydrogen) atoms. The summed E-state index contributed by atoms with van der Waals surface area (Å²) in [6.07, 6.45) is 30.9. The number of hydrogen-bond donors (Lipinski definition) is 12. The van der Waals surface area contributed by atoms with Crippen molar-refractivity contribution in [2.24, 2.45) is 5.73 Å². The number of nitrogen functional groups attached to an aromatic ring is 4. The fourth-order valence-electron chi connectivity index (χ4n) is 16.3. The topological polar surface area (TPSA) is 423 Å². The summed E-state index contributed by atoms with van der Waals surface area (Å²) in [5, 5.41) is 39.4. The first-order valence-electron chi connectivity index (χ1n) is 41.0. The summed E-state index contributed by atoms with van der Waals surface area (Å²) in [6.45, 7) is 16.3. The number of benzene rings is 1. The molecule has 5 saturated heterocycles. The van der Waals surface area contributed by atoms with E-state index in [1.54, 1.807) is 63.9 Å². The number of primary amides is 1. The van der Waals surface area contributed by atoms with Crippen molar-refractivity contribution in [2.45, 2.75) is 121 Å². The van der Waals surface area contributed by atoms with Crippen molar-refractivity contribution in [3.05, 3.63) is 188 Å². The van der Waals surface area contributed by atoms with Gasteiger partial charge in [0.2, 0.25) is 5.91 Å². The maximum atomic E-state index is 12.4. The molecular formula is C86H96N28O2S5. The molecule has 0 radical (unpaired) electrons. The fraction of sp³-hybridized carbons (Fsp3) is 0.337. The average Bonchev–Trinajstić information content (AvgIpc) is 1.63. The molecule has 5 fully saturated rings. The second-order valence-electron chi connectivity index (χ2n) is 31.2. The molecule has 0 spiro atoms. The Morgan fingerprint density at radius 1 is 0.479 bits per heavy atom. The third-order valence-electron chi connectivity index (χ3n) is 22.5. The number of carbonyl (C=O) groups excluding carboxylic acids is 2. The highest BCUT2D eigenvalue weighted by atomic mass is 32.1. The van der Waals surface area contributed by atoms with E-state index < -0.39 is 6.03 Å². The predicted octanol–water partition coefficient (Wildman–Crippen LogP) is 13.3. The second kappa shape index (κ2) is 36.7. The molecule has 3 amide bonds. The maximum absolute atomic E-state index is 12.4. The van der Waals surface area contributed by atoms with E-state index in [0.717, 1.165) is 181 Å². The first-order chi connectivity index (χ1) is 59.0. The number of amides is 3. The van der Waals surface area contributed by atoms with Crippen molar-refractivity contribution >= 4 is 136 Å². The van der Waals surface area contributed by atoms with Crippen LogP contribution in [0.1, 0.15) is 137 Å². The molecule has 16 aromatic rings. The number of thiophene rings is 5. The highest BCUT2D eigenvalue weighted by Gasteiger charge is 2.28. The average molecular weight is 1710 g/mol. The van der Waals surface area contributed by atoms with Crippen LogP contribution in [0.5, 0.6) is 0 Å². The zero-order valence-electron chi connectivity index (χ0n) is 67.4. The number of urea groups is 1. The Bertz CT molecular complexity index is 6410. The summed E-state index contributed by atoms with van der Waals surface area (Å²) < 4.78 is 11.4. The van der Waals surface area contributed by atoms with Gasteiger partial charge in [0.15, 0.2) is 57.3 Å². The Kier molecular flexibility index (Phi) is 24.8. The Morgan fingerprint density at radius 3 is 1.36 bits per heavy atom. The van der Waals surface area contributed by atoms with Crippen molar-refractivity contribution in [2.75, 3.05) is 93.7 Å². The van der Waals surface area contributed by atoms with Crippen LogP contribution in [-0.2, 0) is 11.2 Å². The third-order valence-corrected chi connectivity index (χ3v) is 27.6. The Balaban J connectivity index is 0.000000108. The number of nitrogens with zero attached hydrogens (tertiary/aromatic N) is 16. The summed E-state index contributed by atoms with van der Waals surface area (Å²) in [7, 11) is 0. The molecular weight excluding hydrogens is 1620 g/mol. The minimum absolute atomic E-state index is 0.0119. The Hall–Kier alpha value is -11.7. The Morgan fingerprint density at radius 2 is 0.909 bits per heavy atom. The third kappa shape index (κ3) is 18.2. The van der Waals surface area contributed by atoms with E-state index in [1.807, 2.05) is 43.9 Å². The molecule has 5 aliphatic rings. The van der Waals surface area contributed by atoms with Crippen LogP contribution >= 0.6 is 56.7 Å². The van der Waals surface area contributed by atoms with Gasteiger partial charge in [-0.25, -0.2) is 54.6 Å². The van der Waals surface area contributed by atoms with Gasteiger partial charge in [-0.3, -0.25) is 32.1 Å². The number of anilines is 5. The highest BCUT2D eigenvalue weighted by molar-refractivity contribution is 7.18. The van der Waals surface area contributed by atoms with Crippen molar-refractivity contribution in [3.8, 4) is 59.6 Å². The van der Waals surface area contributed by atoms with Crippen LogP contribution in [0.25, 0.3) is 91.9 Å². The van der Waals surface area contributed by atoms with Crippen molar-refractivity contribution < 1.29 is 9.59 Å². The number of fused-ring (bicyclic) bond motifs is 6. The number of nitrogens with two attached hydrogens (primary N) is 5. The van der Waals surface area contributed by atoms with Gasteiger partial charge in [-0.2, -0.15) is 5.26 Å². The van der Waals surface area contributed by atoms with Crippen molar-refractivity contribution in [3.63, 3.8) is 0 Å². The van der Waals surface area contributed by atoms with Crippen LogP contribution in [0.3, 0.4) is 0 Å². The molecule has 15 aromatic heterocycles. The number of imidazole rings is 5. The first kappa shape index (κ1) is 81.7. The first-order valence-corrected chi connectivity index (χ1v) is 45.2. The molecule has 5 aliphatic heterocycles. The lowest BCUT2D eigenvalue weighted by Crippen LogP contribution is -2.46. The molecule has 35 heteroatoms. The number of hydrogen-bond acceptors (Lipinski definition) is 27. The van der Waals surface area contributed by atoms with E-state index in [2.05, 4.69) is 192 Å². The van der Waals surface area contributed by atoms with E-state index in [4.69, 9.17) is 53.9 Å². The van der Waals surface area contributed by atoms with Crippen LogP contribution in [0, 0.1) is 32.1 Å². The minimum atomic E-state index is -0.641. The van der Waals surface area contributed by atoms with Gasteiger partial charge in [0.25, 0.3) is 0 Å². The van der Waals surface area contributed by atoms with Gasteiger partial charge in [-0.05, 0) is 182 Å². The number of nitrogens with one attached hydrogen (secondary N) is 7. The van der Waals surface area contributed by atoms with Crippen LogP contribution in [-0.4, -0.2) is 155 Å². The van der Waals surface area contributed by atoms with Crippen LogP contribution in [0.2, 0.25) is 0 Å². The summed E-state index contributed by atoms with van der Waals surface area (Å²) in [6, 6.07) is 22.5. The molecule has 17 N–H and O–H groups in total. The standard InChI is InChI=1S/C19H19N5S.C18H22N6OS.C17H20N6OS.C16H16N6S.C16H19N5S/c20-18-19-23-15(12-4-3-7-21-8-12)10-24(19)16(9-22-18)14-11-25-17-6-2-1-5-13(14)17;1-11-5-15(26-10-11)14-8-21-17(19)18-23-13(9-24(14)18)6-16(25)22-12-3-2-4-20-7-12;1-10-5-14(25-9-10)13-7-20-15(22-17(18)24)16-21-12(8-23(13)16)11-3-2-4-19-6-11;17-6-11-3-4-14(23-11)13-8-20-15(18)16-21-12(9-22(13)16)10-2-1-5-19-7-10;1-10-4-5-14(22-10)13-8-19-15(17)16-20-12(9-21(13)16)11-3-2-6-18-7-11/h1-2,5-6,9-12,21H,3-4,7-8H2,(H2,20,22);5,8-10,12,20H,2-4,6-7H2,1H3,(H2,19,21)(H,22,25);5,7-9,11,19H,2-4,6H2,1H3,(H3,18,20,22,24);3-4,8-10,19H,1-2,5,7H2,(H2,18,20);4-5,8-9,11,18H,2-3,6-7H2,1H3,(H2,17,19)/t;12-;11-;10-;11-/m.1000/s1. The van der Waals surface area contributed by atoms with E-state index in [1.165, 1.54) is 73.6 Å². The quantitative estimate of drug-likeness (QED) is 0.0510. The summed E-state index contributed by atoms with van der Waals surface area (Å²) in [5.74, 6) is 3.84. The number of rotatable bonds is 13. The van der Waals surface area contributed by atoms with E-state index in [9.17, 15) is 9.59 Å². The second-order valence-corrected chi connectivity index (χ2v) is 36.3. The van der Waals surface area contributed by atoms with Crippen LogP contribution in [0.15, 0.2) is 139 Å². The molecule has 0 saturated carbocycles. The van der Waals surface area contributed by atoms with E-state index in [0.29, 0.717) is 80.3 Å². The number of piperidine rings is 5. The largest absolute Gasteiger partial charge is 0.381 e. The highest BCUT2D eigenvalue weighted by Crippen LogP contribution is 2.39. The summed E-state index contributed by atoms with van der Waals surface area (Å²) in [4.78, 5) is 75.4. The van der Waals surface area contributed by atoms with Gasteiger partial charge in [-0.1, -0.05) is 18.2 Å². The van der Waals surface area contributed by atoms with E-state index in [-0.39, 0.29) is 18.4 Å². The zero-order chi connectivity index (χ0) is 83.2. The number of carbonyl (C=O) groups is 2. The minimum Gasteiger partial charge on any atom is -0.381 e. The molecule has 0 aliphatic carbocycles. The predicted molar refractivity (Wildman–Crippen MR) is 486 cm³/mol.